The van der Waals surface area contributed by atoms with Gasteiger partial charge in [0, 0.05) is 25.7 Å². The predicted molar refractivity (Wildman–Crippen MR) is 90.2 cm³/mol. The largest absolute Gasteiger partial charge is 0.310 e. The van der Waals surface area contributed by atoms with Crippen molar-refractivity contribution in [2.24, 2.45) is 5.92 Å². The summed E-state index contributed by atoms with van der Waals surface area (Å²) in [5.41, 5.74) is 1.03. The second-order valence-electron chi connectivity index (χ2n) is 5.78. The molecule has 1 rings (SSSR count). The van der Waals surface area contributed by atoms with Crippen LogP contribution < -0.4 is 5.32 Å². The third kappa shape index (κ3) is 5.36. The highest BCUT2D eigenvalue weighted by Gasteiger charge is 2.25. The lowest BCUT2D eigenvalue weighted by molar-refractivity contribution is 0.362. The average Bonchev–Trinajstić information content (AvgIpc) is 2.91. The third-order valence-electron chi connectivity index (χ3n) is 3.50. The highest BCUT2D eigenvalue weighted by Crippen LogP contribution is 2.25. The number of nitrogens with one attached hydrogen (secondary N) is 1. The number of sulfonamides is 1. The maximum Gasteiger partial charge on any atom is 0.252 e. The van der Waals surface area contributed by atoms with Gasteiger partial charge in [0.1, 0.15) is 4.21 Å². The van der Waals surface area contributed by atoms with Crippen LogP contribution in [0.15, 0.2) is 15.7 Å². The molecule has 1 unspecified atom stereocenters. The Labute approximate surface area is 133 Å². The first-order chi connectivity index (χ1) is 9.81. The lowest BCUT2D eigenvalue weighted by Gasteiger charge is -2.22. The highest BCUT2D eigenvalue weighted by molar-refractivity contribution is 7.91. The van der Waals surface area contributed by atoms with Gasteiger partial charge in [-0.25, -0.2) is 8.42 Å². The second kappa shape index (κ2) is 8.27. The molecule has 0 aliphatic heterocycles. The van der Waals surface area contributed by atoms with E-state index in [0.29, 0.717) is 35.8 Å². The zero-order chi connectivity index (χ0) is 16.0. The topological polar surface area (TPSA) is 49.4 Å². The van der Waals surface area contributed by atoms with Gasteiger partial charge in [0.05, 0.1) is 0 Å². The minimum atomic E-state index is -3.35. The Morgan fingerprint density at radius 2 is 1.95 bits per heavy atom. The first-order valence-corrected chi connectivity index (χ1v) is 9.94. The van der Waals surface area contributed by atoms with Crippen molar-refractivity contribution in [1.29, 1.82) is 0 Å². The Morgan fingerprint density at radius 3 is 2.48 bits per heavy atom. The molecular weight excluding hydrogens is 304 g/mol. The van der Waals surface area contributed by atoms with Gasteiger partial charge >= 0.3 is 0 Å². The Hall–Kier alpha value is -0.430. The van der Waals surface area contributed by atoms with Gasteiger partial charge in [-0.3, -0.25) is 0 Å². The molecule has 0 amide bonds. The standard InChI is InChI=1S/C15H28N2O2S2/c1-6-13(5)10-17(7-2)21(18,19)15-8-14(11-20-15)9-16-12(3)4/h8,11-13,16H,6-7,9-10H2,1-5H3. The van der Waals surface area contributed by atoms with E-state index in [1.807, 2.05) is 12.3 Å². The van der Waals surface area contributed by atoms with Crippen molar-refractivity contribution in [3.63, 3.8) is 0 Å². The number of hydrogen-bond acceptors (Lipinski definition) is 4. The molecule has 1 aromatic heterocycles. The fraction of sp³-hybridized carbons (Fsp3) is 0.733. The van der Waals surface area contributed by atoms with Crippen molar-refractivity contribution < 1.29 is 8.42 Å². The molecule has 0 aliphatic rings. The van der Waals surface area contributed by atoms with Crippen molar-refractivity contribution in [3.05, 3.63) is 17.0 Å². The van der Waals surface area contributed by atoms with E-state index in [9.17, 15) is 8.42 Å². The minimum absolute atomic E-state index is 0.377. The van der Waals surface area contributed by atoms with E-state index in [-0.39, 0.29) is 0 Å². The molecule has 0 bridgehead atoms. The van der Waals surface area contributed by atoms with Crippen molar-refractivity contribution in [3.8, 4) is 0 Å². The molecule has 1 heterocycles. The molecule has 122 valence electrons. The minimum Gasteiger partial charge on any atom is -0.310 e. The molecule has 0 saturated heterocycles. The summed E-state index contributed by atoms with van der Waals surface area (Å²) in [6.07, 6.45) is 0.986. The van der Waals surface area contributed by atoms with E-state index >= 15 is 0 Å². The van der Waals surface area contributed by atoms with Crippen LogP contribution in [0.2, 0.25) is 0 Å². The normalized spacial score (nSPS) is 14.0. The van der Waals surface area contributed by atoms with E-state index in [1.54, 1.807) is 10.4 Å². The summed E-state index contributed by atoms with van der Waals surface area (Å²) in [4.78, 5) is 0. The molecule has 1 atom stereocenters. The van der Waals surface area contributed by atoms with Crippen molar-refractivity contribution >= 4 is 21.4 Å². The van der Waals surface area contributed by atoms with E-state index in [2.05, 4.69) is 33.0 Å². The van der Waals surface area contributed by atoms with Crippen molar-refractivity contribution in [2.45, 2.75) is 57.8 Å². The molecule has 4 nitrogen and oxygen atoms in total. The summed E-state index contributed by atoms with van der Waals surface area (Å²) in [6, 6.07) is 2.19. The lowest BCUT2D eigenvalue weighted by atomic mass is 10.1. The number of hydrogen-bond donors (Lipinski definition) is 1. The number of rotatable bonds is 9. The van der Waals surface area contributed by atoms with Crippen molar-refractivity contribution in [1.82, 2.24) is 9.62 Å². The molecule has 1 aromatic rings. The molecule has 0 aromatic carbocycles. The van der Waals surface area contributed by atoms with Gasteiger partial charge in [-0.15, -0.1) is 11.3 Å². The zero-order valence-electron chi connectivity index (χ0n) is 13.7. The fourth-order valence-corrected chi connectivity index (χ4v) is 4.83. The fourth-order valence-electron chi connectivity index (χ4n) is 1.90. The molecule has 0 aliphatic carbocycles. The van der Waals surface area contributed by atoms with Crippen LogP contribution in [0, 0.1) is 5.92 Å². The van der Waals surface area contributed by atoms with E-state index in [1.165, 1.54) is 11.3 Å². The molecule has 0 spiro atoms. The van der Waals surface area contributed by atoms with Crippen LogP contribution in [0.3, 0.4) is 0 Å². The van der Waals surface area contributed by atoms with Crippen LogP contribution >= 0.6 is 11.3 Å². The molecule has 0 saturated carbocycles. The summed E-state index contributed by atoms with van der Waals surface area (Å²) in [5.74, 6) is 0.377. The second-order valence-corrected chi connectivity index (χ2v) is 8.85. The quantitative estimate of drug-likeness (QED) is 0.755. The van der Waals surface area contributed by atoms with Gasteiger partial charge in [0.25, 0.3) is 10.0 Å². The zero-order valence-corrected chi connectivity index (χ0v) is 15.4. The number of nitrogens with zero attached hydrogens (tertiary/aromatic N) is 1. The van der Waals surface area contributed by atoms with Gasteiger partial charge in [-0.1, -0.05) is 41.0 Å². The smallest absolute Gasteiger partial charge is 0.252 e. The van der Waals surface area contributed by atoms with Crippen LogP contribution in [-0.4, -0.2) is 31.9 Å². The summed E-state index contributed by atoms with van der Waals surface area (Å²) in [5, 5.41) is 5.24. The van der Waals surface area contributed by atoms with E-state index in [0.717, 1.165) is 12.0 Å². The SMILES string of the molecule is CCC(C)CN(CC)S(=O)(=O)c1cc(CNC(C)C)cs1. The molecule has 6 heteroatoms. The molecule has 21 heavy (non-hydrogen) atoms. The third-order valence-corrected chi connectivity index (χ3v) is 6.91. The van der Waals surface area contributed by atoms with Crippen molar-refractivity contribution in [2.75, 3.05) is 13.1 Å². The van der Waals surface area contributed by atoms with Crippen LogP contribution in [0.4, 0.5) is 0 Å². The number of thiophene rings is 1. The molecular formula is C15H28N2O2S2. The van der Waals surface area contributed by atoms with E-state index in [4.69, 9.17) is 0 Å². The monoisotopic (exact) mass is 332 g/mol. The summed E-state index contributed by atoms with van der Waals surface area (Å²) in [6.45, 7) is 12.0. The van der Waals surface area contributed by atoms with Crippen LogP contribution in [0.1, 0.15) is 46.6 Å². The van der Waals surface area contributed by atoms with E-state index < -0.39 is 10.0 Å². The predicted octanol–water partition coefficient (Wildman–Crippen LogP) is 3.30. The summed E-state index contributed by atoms with van der Waals surface area (Å²) < 4.78 is 27.4. The first-order valence-electron chi connectivity index (χ1n) is 7.62. The maximum atomic E-state index is 12.7. The van der Waals surface area contributed by atoms with Crippen LogP contribution in [0.25, 0.3) is 0 Å². The van der Waals surface area contributed by atoms with Gasteiger partial charge in [-0.2, -0.15) is 4.31 Å². The Kier molecular flexibility index (Phi) is 7.33. The summed E-state index contributed by atoms with van der Waals surface area (Å²) >= 11 is 1.32. The Morgan fingerprint density at radius 1 is 1.29 bits per heavy atom. The van der Waals surface area contributed by atoms with Crippen LogP contribution in [0.5, 0.6) is 0 Å². The van der Waals surface area contributed by atoms with Gasteiger partial charge in [0.2, 0.25) is 0 Å². The van der Waals surface area contributed by atoms with Gasteiger partial charge in [-0.05, 0) is 22.9 Å². The maximum absolute atomic E-state index is 12.7. The molecule has 0 radical (unpaired) electrons. The highest BCUT2D eigenvalue weighted by atomic mass is 32.2. The lowest BCUT2D eigenvalue weighted by Crippen LogP contribution is -2.34. The van der Waals surface area contributed by atoms with Crippen LogP contribution in [-0.2, 0) is 16.6 Å². The van der Waals surface area contributed by atoms with Gasteiger partial charge in [0.15, 0.2) is 0 Å². The molecule has 1 N–H and O–H groups in total. The van der Waals surface area contributed by atoms with Gasteiger partial charge < -0.3 is 5.32 Å². The Bertz CT molecular complexity index is 524. The first kappa shape index (κ1) is 18.6. The summed E-state index contributed by atoms with van der Waals surface area (Å²) in [7, 11) is -3.35. The Balaban J connectivity index is 2.85. The average molecular weight is 333 g/mol. The molecule has 0 fully saturated rings.